The molecule has 152 valence electrons. The van der Waals surface area contributed by atoms with Gasteiger partial charge in [0.05, 0.1) is 0 Å². The van der Waals surface area contributed by atoms with Crippen LogP contribution in [-0.4, -0.2) is 53.8 Å². The second kappa shape index (κ2) is 9.52. The Labute approximate surface area is 166 Å². The predicted molar refractivity (Wildman–Crippen MR) is 96.2 cm³/mol. The van der Waals surface area contributed by atoms with E-state index in [0.29, 0.717) is 5.69 Å². The second-order valence-electron chi connectivity index (χ2n) is 5.99. The number of halogens is 1. The van der Waals surface area contributed by atoms with Crippen LogP contribution in [-0.2, 0) is 38.1 Å². The van der Waals surface area contributed by atoms with Crippen molar-refractivity contribution in [2.75, 3.05) is 5.32 Å². The van der Waals surface area contributed by atoms with Gasteiger partial charge in [-0.15, -0.1) is 0 Å². The second-order valence-corrected chi connectivity index (χ2v) is 6.42. The molecule has 0 radical (unpaired) electrons. The lowest BCUT2D eigenvalue weighted by atomic mass is 9.98. The number of carbonyl (C=O) groups is 4. The Morgan fingerprint density at radius 2 is 1.36 bits per heavy atom. The molecule has 1 N–H and O–H groups in total. The van der Waals surface area contributed by atoms with Crippen LogP contribution in [0.15, 0.2) is 30.3 Å². The van der Waals surface area contributed by atoms with Gasteiger partial charge in [0.2, 0.25) is 0 Å². The number of ether oxygens (including phenoxy) is 4. The van der Waals surface area contributed by atoms with E-state index in [1.807, 2.05) is 0 Å². The van der Waals surface area contributed by atoms with Crippen molar-refractivity contribution in [3.63, 3.8) is 0 Å². The summed E-state index contributed by atoms with van der Waals surface area (Å²) in [6.45, 7) is 3.36. The van der Waals surface area contributed by atoms with E-state index >= 15 is 0 Å². The van der Waals surface area contributed by atoms with Gasteiger partial charge in [0.1, 0.15) is 0 Å². The van der Waals surface area contributed by atoms with Crippen molar-refractivity contribution in [2.24, 2.45) is 0 Å². The van der Waals surface area contributed by atoms with Crippen LogP contribution in [0, 0.1) is 0 Å². The monoisotopic (exact) mass is 413 g/mol. The maximum atomic E-state index is 12.7. The number of hydrogen-bond donors (Lipinski definition) is 1. The summed E-state index contributed by atoms with van der Waals surface area (Å²) in [6.07, 6.45) is -5.42. The van der Waals surface area contributed by atoms with Gasteiger partial charge in [-0.1, -0.05) is 29.8 Å². The molecule has 0 aliphatic carbocycles. The lowest BCUT2D eigenvalue weighted by molar-refractivity contribution is -0.230. The molecule has 5 atom stereocenters. The maximum Gasteiger partial charge on any atom is 0.303 e. The highest BCUT2D eigenvalue weighted by Gasteiger charge is 2.53. The summed E-state index contributed by atoms with van der Waals surface area (Å²) < 4.78 is 20.9. The molecule has 1 saturated heterocycles. The van der Waals surface area contributed by atoms with Crippen LogP contribution < -0.4 is 5.32 Å². The van der Waals surface area contributed by atoms with Gasteiger partial charge in [0.15, 0.2) is 30.0 Å². The van der Waals surface area contributed by atoms with Crippen LogP contribution in [0.4, 0.5) is 5.69 Å². The Balaban J connectivity index is 2.34. The zero-order chi connectivity index (χ0) is 20.8. The molecule has 28 heavy (non-hydrogen) atoms. The fraction of sp³-hybridized carbons (Fsp3) is 0.444. The standard InChI is InChI=1S/C18H20ClNO8/c1-9(21)25-13-14(26-10(2)22)16(28-17(19)15(13)27-11(3)23)18(24)20-12-7-5-4-6-8-12/h4-8,13-17H,1-3H3,(H,20,24)/t13-,14-,15+,16-,17-/m0/s1. The number of anilines is 1. The van der Waals surface area contributed by atoms with Gasteiger partial charge >= 0.3 is 17.9 Å². The molecule has 0 unspecified atom stereocenters. The largest absolute Gasteiger partial charge is 0.455 e. The minimum absolute atomic E-state index is 0.468. The summed E-state index contributed by atoms with van der Waals surface area (Å²) in [4.78, 5) is 47.3. The zero-order valence-corrected chi connectivity index (χ0v) is 16.2. The number of amides is 1. The van der Waals surface area contributed by atoms with E-state index in [-0.39, 0.29) is 0 Å². The summed E-state index contributed by atoms with van der Waals surface area (Å²) in [5, 5.41) is 2.60. The van der Waals surface area contributed by atoms with Gasteiger partial charge in [-0.3, -0.25) is 19.2 Å². The molecule has 2 rings (SSSR count). The number of benzene rings is 1. The first-order valence-electron chi connectivity index (χ1n) is 8.36. The zero-order valence-electron chi connectivity index (χ0n) is 15.4. The number of rotatable bonds is 5. The molecular formula is C18H20ClNO8. The third kappa shape index (κ3) is 5.67. The van der Waals surface area contributed by atoms with Crippen molar-refractivity contribution < 1.29 is 38.1 Å². The number of alkyl halides is 1. The Morgan fingerprint density at radius 1 is 0.857 bits per heavy atom. The first kappa shape index (κ1) is 21.6. The Kier molecular flexibility index (Phi) is 7.36. The van der Waals surface area contributed by atoms with Crippen molar-refractivity contribution in [1.29, 1.82) is 0 Å². The Morgan fingerprint density at radius 3 is 1.89 bits per heavy atom. The molecule has 0 spiro atoms. The molecule has 1 fully saturated rings. The van der Waals surface area contributed by atoms with Crippen molar-refractivity contribution in [2.45, 2.75) is 50.8 Å². The quantitative estimate of drug-likeness (QED) is 0.437. The van der Waals surface area contributed by atoms with Crippen molar-refractivity contribution in [1.82, 2.24) is 0 Å². The topological polar surface area (TPSA) is 117 Å². The Bertz CT molecular complexity index is 740. The van der Waals surface area contributed by atoms with Gasteiger partial charge in [-0.25, -0.2) is 0 Å². The van der Waals surface area contributed by atoms with Crippen LogP contribution in [0.1, 0.15) is 20.8 Å². The number of carbonyl (C=O) groups excluding carboxylic acids is 4. The molecule has 10 heteroatoms. The molecule has 1 amide bonds. The first-order valence-corrected chi connectivity index (χ1v) is 8.79. The smallest absolute Gasteiger partial charge is 0.303 e. The highest BCUT2D eigenvalue weighted by atomic mass is 35.5. The highest BCUT2D eigenvalue weighted by molar-refractivity contribution is 6.20. The third-order valence-corrected chi connectivity index (χ3v) is 4.04. The van der Waals surface area contributed by atoms with E-state index in [1.165, 1.54) is 0 Å². The van der Waals surface area contributed by atoms with Crippen LogP contribution >= 0.6 is 11.6 Å². The molecule has 1 aliphatic rings. The predicted octanol–water partition coefficient (Wildman–Crippen LogP) is 1.38. The molecule has 0 saturated carbocycles. The number of esters is 3. The van der Waals surface area contributed by atoms with E-state index in [0.717, 1.165) is 20.8 Å². The number of hydrogen-bond acceptors (Lipinski definition) is 8. The maximum absolute atomic E-state index is 12.7. The molecule has 9 nitrogen and oxygen atoms in total. The molecule has 0 bridgehead atoms. The molecule has 1 aromatic rings. The first-order chi connectivity index (χ1) is 13.2. The van der Waals surface area contributed by atoms with Crippen molar-refractivity contribution >= 4 is 41.1 Å². The van der Waals surface area contributed by atoms with E-state index in [4.69, 9.17) is 30.5 Å². The van der Waals surface area contributed by atoms with E-state index in [9.17, 15) is 19.2 Å². The normalized spacial score (nSPS) is 26.6. The lowest BCUT2D eigenvalue weighted by Gasteiger charge is -2.42. The number of para-hydroxylation sites is 1. The molecule has 1 heterocycles. The van der Waals surface area contributed by atoms with Gasteiger partial charge in [0.25, 0.3) is 5.91 Å². The summed E-state index contributed by atoms with van der Waals surface area (Å²) in [5.41, 5.74) is -0.860. The van der Waals surface area contributed by atoms with Gasteiger partial charge < -0.3 is 24.3 Å². The van der Waals surface area contributed by atoms with E-state index in [2.05, 4.69) is 5.32 Å². The van der Waals surface area contributed by atoms with Gasteiger partial charge in [-0.2, -0.15) is 0 Å². The molecule has 1 aliphatic heterocycles. The van der Waals surface area contributed by atoms with Gasteiger partial charge in [0, 0.05) is 26.5 Å². The average Bonchev–Trinajstić information content (AvgIpc) is 2.60. The number of nitrogens with one attached hydrogen (secondary N) is 1. The third-order valence-electron chi connectivity index (χ3n) is 3.69. The summed E-state index contributed by atoms with van der Waals surface area (Å²) in [6, 6.07) is 8.48. The summed E-state index contributed by atoms with van der Waals surface area (Å²) in [7, 11) is 0. The molecule has 1 aromatic carbocycles. The van der Waals surface area contributed by atoms with Crippen molar-refractivity contribution in [3.8, 4) is 0 Å². The molecular weight excluding hydrogens is 394 g/mol. The van der Waals surface area contributed by atoms with Crippen molar-refractivity contribution in [3.05, 3.63) is 30.3 Å². The van der Waals surface area contributed by atoms with Crippen LogP contribution in [0.3, 0.4) is 0 Å². The minimum Gasteiger partial charge on any atom is -0.455 e. The van der Waals surface area contributed by atoms with Crippen LogP contribution in [0.2, 0.25) is 0 Å². The SMILES string of the molecule is CC(=O)O[C@@H]1[C@@H](OC(C)=O)[C@@H](Cl)O[C@H](C(=O)Nc2ccccc2)[C@H]1OC(C)=O. The van der Waals surface area contributed by atoms with E-state index in [1.54, 1.807) is 30.3 Å². The van der Waals surface area contributed by atoms with Gasteiger partial charge in [-0.05, 0) is 12.1 Å². The Hall–Kier alpha value is -2.65. The minimum atomic E-state index is -1.41. The average molecular weight is 414 g/mol. The molecule has 0 aromatic heterocycles. The summed E-state index contributed by atoms with van der Waals surface area (Å²) >= 11 is 6.14. The fourth-order valence-electron chi connectivity index (χ4n) is 2.71. The highest BCUT2D eigenvalue weighted by Crippen LogP contribution is 2.31. The van der Waals surface area contributed by atoms with E-state index < -0.39 is 53.8 Å². The summed E-state index contributed by atoms with van der Waals surface area (Å²) in [5.74, 6) is -2.89. The fourth-order valence-corrected chi connectivity index (χ4v) is 3.01. The van der Waals surface area contributed by atoms with Crippen LogP contribution in [0.5, 0.6) is 0 Å². The van der Waals surface area contributed by atoms with Crippen LogP contribution in [0.25, 0.3) is 0 Å². The lowest BCUT2D eigenvalue weighted by Crippen LogP contribution is -2.62.